The van der Waals surface area contributed by atoms with E-state index in [2.05, 4.69) is 0 Å². The lowest BCUT2D eigenvalue weighted by molar-refractivity contribution is -0.228. The highest BCUT2D eigenvalue weighted by Crippen LogP contribution is 2.29. The van der Waals surface area contributed by atoms with E-state index in [0.29, 0.717) is 26.4 Å². The van der Waals surface area contributed by atoms with E-state index in [4.69, 9.17) is 37.9 Å². The van der Waals surface area contributed by atoms with Crippen molar-refractivity contribution in [1.82, 2.24) is 0 Å². The summed E-state index contributed by atoms with van der Waals surface area (Å²) < 4.78 is 41.7. The molecule has 2 saturated heterocycles. The van der Waals surface area contributed by atoms with Gasteiger partial charge in [0, 0.05) is 10.8 Å². The average molecular weight is 388 g/mol. The third-order valence-corrected chi connectivity index (χ3v) is 4.30. The van der Waals surface area contributed by atoms with Gasteiger partial charge in [0.15, 0.2) is 0 Å². The van der Waals surface area contributed by atoms with Crippen molar-refractivity contribution in [2.75, 3.05) is 53.2 Å². The first-order valence-electron chi connectivity index (χ1n) is 8.54. The van der Waals surface area contributed by atoms with E-state index in [-0.39, 0.29) is 26.8 Å². The van der Waals surface area contributed by atoms with Crippen molar-refractivity contribution in [1.29, 1.82) is 0 Å². The molecule has 0 amide bonds. The molecule has 0 aliphatic carbocycles. The molecule has 0 bridgehead atoms. The largest absolute Gasteiger partial charge is 0.459 e. The summed E-state index contributed by atoms with van der Waals surface area (Å²) in [6, 6.07) is 0. The molecular formula is C17H24O10. The molecule has 0 saturated carbocycles. The van der Waals surface area contributed by atoms with Crippen LogP contribution >= 0.6 is 0 Å². The van der Waals surface area contributed by atoms with Gasteiger partial charge in [-0.3, -0.25) is 0 Å². The van der Waals surface area contributed by atoms with E-state index < -0.39 is 28.6 Å². The van der Waals surface area contributed by atoms with Crippen LogP contribution in [-0.4, -0.2) is 71.0 Å². The fourth-order valence-corrected chi connectivity index (χ4v) is 2.74. The van der Waals surface area contributed by atoms with E-state index in [1.54, 1.807) is 0 Å². The highest BCUT2D eigenvalue weighted by molar-refractivity contribution is 6.02. The molecule has 0 aromatic rings. The number of carbonyl (C=O) groups excluding carboxylic acids is 2. The Labute approximate surface area is 156 Å². The molecule has 10 nitrogen and oxygen atoms in total. The smallest absolute Gasteiger partial charge is 0.452 e. The molecule has 152 valence electrons. The minimum absolute atomic E-state index is 0.0347. The second-order valence-electron chi connectivity index (χ2n) is 7.53. The summed E-state index contributed by atoms with van der Waals surface area (Å²) in [5, 5.41) is 0. The van der Waals surface area contributed by atoms with Crippen LogP contribution in [0.1, 0.15) is 13.8 Å². The van der Waals surface area contributed by atoms with Crippen molar-refractivity contribution in [3.05, 3.63) is 12.5 Å². The maximum atomic E-state index is 12.6. The molecule has 3 rings (SSSR count). The van der Waals surface area contributed by atoms with Gasteiger partial charge < -0.3 is 37.9 Å². The van der Waals surface area contributed by atoms with Crippen molar-refractivity contribution in [2.24, 2.45) is 10.8 Å². The van der Waals surface area contributed by atoms with Crippen LogP contribution in [0.5, 0.6) is 0 Å². The summed E-state index contributed by atoms with van der Waals surface area (Å²) in [6.45, 7) is 5.42. The van der Waals surface area contributed by atoms with Crippen LogP contribution < -0.4 is 0 Å². The molecule has 27 heavy (non-hydrogen) atoms. The standard InChI is InChI=1S/C17H24O10/c1-15(5-20-11-21-6-15)9-24-13(18)17(26-3-4-27-17)14(19)25-10-16(2)7-22-12-23-8-16/h3-4H,5-12H2,1-2H3. The van der Waals surface area contributed by atoms with Crippen molar-refractivity contribution >= 4 is 11.9 Å². The summed E-state index contributed by atoms with van der Waals surface area (Å²) in [7, 11) is 0. The van der Waals surface area contributed by atoms with Crippen LogP contribution in [0, 0.1) is 10.8 Å². The quantitative estimate of drug-likeness (QED) is 0.466. The van der Waals surface area contributed by atoms with Crippen LogP contribution in [-0.2, 0) is 47.5 Å². The SMILES string of the molecule is CC1(COC(=O)C2(C(=O)OCC3(C)COCOC3)OC=CO2)COCOC1. The Morgan fingerprint density at radius 3 is 1.52 bits per heavy atom. The number of esters is 2. The number of rotatable bonds is 6. The Hall–Kier alpha value is -1.88. The van der Waals surface area contributed by atoms with Gasteiger partial charge in [0.05, 0.1) is 26.4 Å². The normalized spacial score (nSPS) is 25.1. The molecule has 0 unspecified atom stereocenters. The van der Waals surface area contributed by atoms with Gasteiger partial charge in [0.2, 0.25) is 0 Å². The predicted octanol–water partition coefficient (Wildman–Crippen LogP) is 0.308. The van der Waals surface area contributed by atoms with E-state index in [9.17, 15) is 9.59 Å². The van der Waals surface area contributed by atoms with E-state index in [1.807, 2.05) is 13.8 Å². The van der Waals surface area contributed by atoms with E-state index >= 15 is 0 Å². The molecule has 0 atom stereocenters. The zero-order chi connectivity index (χ0) is 19.4. The number of carbonyl (C=O) groups is 2. The highest BCUT2D eigenvalue weighted by atomic mass is 16.8. The Morgan fingerprint density at radius 2 is 1.15 bits per heavy atom. The van der Waals surface area contributed by atoms with Gasteiger partial charge in [-0.15, -0.1) is 0 Å². The molecule has 10 heteroatoms. The van der Waals surface area contributed by atoms with Crippen molar-refractivity contribution < 1.29 is 47.5 Å². The lowest BCUT2D eigenvalue weighted by atomic mass is 9.93. The zero-order valence-corrected chi connectivity index (χ0v) is 15.4. The summed E-state index contributed by atoms with van der Waals surface area (Å²) in [6.07, 6.45) is 2.18. The predicted molar refractivity (Wildman–Crippen MR) is 85.7 cm³/mol. The molecule has 3 heterocycles. The van der Waals surface area contributed by atoms with E-state index in [0.717, 1.165) is 12.5 Å². The first-order chi connectivity index (χ1) is 12.9. The second kappa shape index (κ2) is 8.01. The lowest BCUT2D eigenvalue weighted by Crippen LogP contribution is -2.52. The van der Waals surface area contributed by atoms with Crippen LogP contribution in [0.3, 0.4) is 0 Å². The number of ether oxygens (including phenoxy) is 8. The molecule has 3 aliphatic rings. The van der Waals surface area contributed by atoms with Gasteiger partial charge in [-0.25, -0.2) is 9.59 Å². The van der Waals surface area contributed by atoms with Gasteiger partial charge in [0.1, 0.15) is 39.3 Å². The number of hydrogen-bond donors (Lipinski definition) is 0. The molecule has 0 spiro atoms. The van der Waals surface area contributed by atoms with Crippen LogP contribution in [0.15, 0.2) is 12.5 Å². The molecule has 0 radical (unpaired) electrons. The topological polar surface area (TPSA) is 108 Å². The summed E-state index contributed by atoms with van der Waals surface area (Å²) >= 11 is 0. The molecular weight excluding hydrogens is 364 g/mol. The molecule has 0 aromatic heterocycles. The molecule has 3 aliphatic heterocycles. The van der Waals surface area contributed by atoms with Crippen molar-refractivity contribution in [3.8, 4) is 0 Å². The minimum Gasteiger partial charge on any atom is -0.459 e. The van der Waals surface area contributed by atoms with Gasteiger partial charge in [-0.2, -0.15) is 0 Å². The fourth-order valence-electron chi connectivity index (χ4n) is 2.74. The highest BCUT2D eigenvalue weighted by Gasteiger charge is 2.57. The van der Waals surface area contributed by atoms with Gasteiger partial charge >= 0.3 is 17.7 Å². The molecule has 0 aromatic carbocycles. The average Bonchev–Trinajstić information content (AvgIpc) is 3.17. The third-order valence-electron chi connectivity index (χ3n) is 4.30. The maximum absolute atomic E-state index is 12.6. The van der Waals surface area contributed by atoms with Crippen LogP contribution in [0.25, 0.3) is 0 Å². The third kappa shape index (κ3) is 4.52. The lowest BCUT2D eigenvalue weighted by Gasteiger charge is -2.34. The zero-order valence-electron chi connectivity index (χ0n) is 15.4. The Morgan fingerprint density at radius 1 is 0.778 bits per heavy atom. The maximum Gasteiger partial charge on any atom is 0.452 e. The van der Waals surface area contributed by atoms with Crippen molar-refractivity contribution in [3.63, 3.8) is 0 Å². The van der Waals surface area contributed by atoms with E-state index in [1.165, 1.54) is 0 Å². The Balaban J connectivity index is 1.58. The summed E-state index contributed by atoms with van der Waals surface area (Å²) in [4.78, 5) is 25.2. The van der Waals surface area contributed by atoms with Gasteiger partial charge in [-0.1, -0.05) is 13.8 Å². The van der Waals surface area contributed by atoms with Crippen molar-refractivity contribution in [2.45, 2.75) is 19.6 Å². The fraction of sp³-hybridized carbons (Fsp3) is 0.765. The Bertz CT molecular complexity index is 524. The molecule has 0 N–H and O–H groups in total. The van der Waals surface area contributed by atoms with Gasteiger partial charge in [0.25, 0.3) is 0 Å². The first kappa shape index (κ1) is 19.9. The van der Waals surface area contributed by atoms with Crippen LogP contribution in [0.4, 0.5) is 0 Å². The van der Waals surface area contributed by atoms with Crippen LogP contribution in [0.2, 0.25) is 0 Å². The first-order valence-corrected chi connectivity index (χ1v) is 8.54. The second-order valence-corrected chi connectivity index (χ2v) is 7.53. The monoisotopic (exact) mass is 388 g/mol. The minimum atomic E-state index is -2.32. The number of hydrogen-bond acceptors (Lipinski definition) is 10. The Kier molecular flexibility index (Phi) is 5.89. The summed E-state index contributed by atoms with van der Waals surface area (Å²) in [5.41, 5.74) is -1.06. The summed E-state index contributed by atoms with van der Waals surface area (Å²) in [5.74, 6) is -4.34. The molecule has 2 fully saturated rings. The van der Waals surface area contributed by atoms with Gasteiger partial charge in [-0.05, 0) is 0 Å².